The van der Waals surface area contributed by atoms with Gasteiger partial charge in [-0.2, -0.15) is 0 Å². The van der Waals surface area contributed by atoms with Crippen LogP contribution in [0, 0.1) is 0 Å². The van der Waals surface area contributed by atoms with Gasteiger partial charge in [-0.15, -0.1) is 0 Å². The van der Waals surface area contributed by atoms with E-state index in [2.05, 4.69) is 21.2 Å². The van der Waals surface area contributed by atoms with Crippen molar-refractivity contribution in [2.75, 3.05) is 12.4 Å². The molecule has 3 rings (SSSR count). The second-order valence-corrected chi connectivity index (χ2v) is 8.31. The van der Waals surface area contributed by atoms with Crippen LogP contribution in [0.5, 0.6) is 5.75 Å². The molecule has 1 unspecified atom stereocenters. The summed E-state index contributed by atoms with van der Waals surface area (Å²) in [5, 5.41) is 3.37. The van der Waals surface area contributed by atoms with Gasteiger partial charge in [-0.1, -0.05) is 54.1 Å². The molecule has 2 amide bonds. The fourth-order valence-corrected chi connectivity index (χ4v) is 3.74. The van der Waals surface area contributed by atoms with Gasteiger partial charge in [0.25, 0.3) is 11.8 Å². The van der Waals surface area contributed by atoms with Crippen LogP contribution in [0.1, 0.15) is 22.8 Å². The molecule has 0 aliphatic rings. The maximum atomic E-state index is 13.0. The summed E-state index contributed by atoms with van der Waals surface area (Å²) in [5.41, 5.74) is 1.87. The van der Waals surface area contributed by atoms with Crippen LogP contribution in [0.4, 0.5) is 5.69 Å². The zero-order valence-corrected chi connectivity index (χ0v) is 19.5. The van der Waals surface area contributed by atoms with E-state index >= 15 is 0 Å². The number of benzene rings is 3. The third-order valence-corrected chi connectivity index (χ3v) is 5.45. The van der Waals surface area contributed by atoms with Crippen LogP contribution in [0.2, 0.25) is 5.02 Å². The van der Waals surface area contributed by atoms with E-state index < -0.39 is 6.10 Å². The topological polar surface area (TPSA) is 58.6 Å². The maximum absolute atomic E-state index is 13.0. The third kappa shape index (κ3) is 6.09. The summed E-state index contributed by atoms with van der Waals surface area (Å²) < 4.78 is 6.40. The molecule has 0 bridgehead atoms. The molecule has 5 nitrogen and oxygen atoms in total. The van der Waals surface area contributed by atoms with Gasteiger partial charge >= 0.3 is 0 Å². The second kappa shape index (κ2) is 10.5. The lowest BCUT2D eigenvalue weighted by Crippen LogP contribution is -2.32. The minimum atomic E-state index is -0.789. The summed E-state index contributed by atoms with van der Waals surface area (Å²) in [6.07, 6.45) is -0.789. The van der Waals surface area contributed by atoms with Crippen molar-refractivity contribution in [2.24, 2.45) is 0 Å². The molecular weight excluding hydrogens is 480 g/mol. The zero-order chi connectivity index (χ0) is 22.4. The van der Waals surface area contributed by atoms with Gasteiger partial charge in [-0.05, 0) is 58.7 Å². The summed E-state index contributed by atoms with van der Waals surface area (Å²) in [7, 11) is 1.73. The van der Waals surface area contributed by atoms with Crippen LogP contribution in [-0.4, -0.2) is 29.9 Å². The highest BCUT2D eigenvalue weighted by Gasteiger charge is 2.21. The first-order chi connectivity index (χ1) is 14.8. The number of ether oxygens (including phenoxy) is 1. The minimum absolute atomic E-state index is 0.186. The molecule has 3 aromatic rings. The fourth-order valence-electron chi connectivity index (χ4n) is 2.96. The van der Waals surface area contributed by atoms with Crippen LogP contribution < -0.4 is 10.1 Å². The molecule has 0 saturated carbocycles. The lowest BCUT2D eigenvalue weighted by molar-refractivity contribution is -0.122. The molecule has 1 atom stereocenters. The van der Waals surface area contributed by atoms with Gasteiger partial charge in [-0.3, -0.25) is 9.59 Å². The van der Waals surface area contributed by atoms with Gasteiger partial charge in [0.2, 0.25) is 0 Å². The predicted molar refractivity (Wildman–Crippen MR) is 127 cm³/mol. The first kappa shape index (κ1) is 22.8. The van der Waals surface area contributed by atoms with E-state index in [1.54, 1.807) is 61.3 Å². The molecule has 0 aliphatic carbocycles. The molecule has 3 aromatic carbocycles. The molecule has 7 heteroatoms. The highest BCUT2D eigenvalue weighted by atomic mass is 79.9. The quantitative estimate of drug-likeness (QED) is 0.446. The van der Waals surface area contributed by atoms with Crippen molar-refractivity contribution in [3.63, 3.8) is 0 Å². The Morgan fingerprint density at radius 1 is 1.06 bits per heavy atom. The lowest BCUT2D eigenvalue weighted by Gasteiger charge is -2.20. The molecule has 0 aliphatic heterocycles. The average molecular weight is 502 g/mol. The Morgan fingerprint density at radius 2 is 1.74 bits per heavy atom. The number of amides is 2. The van der Waals surface area contributed by atoms with Gasteiger partial charge in [0.15, 0.2) is 6.10 Å². The summed E-state index contributed by atoms with van der Waals surface area (Å²) in [6.45, 7) is 2.11. The molecular formula is C24H22BrClN2O3. The number of carbonyl (C=O) groups excluding carboxylic acids is 2. The molecule has 0 saturated heterocycles. The number of halogens is 2. The van der Waals surface area contributed by atoms with Crippen molar-refractivity contribution in [3.8, 4) is 5.75 Å². The minimum Gasteiger partial charge on any atom is -0.480 e. The Balaban J connectivity index is 1.70. The Morgan fingerprint density at radius 3 is 2.45 bits per heavy atom. The van der Waals surface area contributed by atoms with E-state index in [1.807, 2.05) is 30.3 Å². The Kier molecular flexibility index (Phi) is 7.71. The van der Waals surface area contributed by atoms with E-state index in [9.17, 15) is 9.59 Å². The molecule has 0 spiro atoms. The first-order valence-electron chi connectivity index (χ1n) is 9.66. The normalized spacial score (nSPS) is 11.5. The standard InChI is InChI=1S/C24H22BrClN2O3/c1-16(31-22-13-12-18(26)14-20(22)25)23(29)27-21-11-7-6-10-19(21)24(30)28(2)15-17-8-4-3-5-9-17/h3-14,16H,15H2,1-2H3,(H,27,29). The van der Waals surface area contributed by atoms with Crippen molar-refractivity contribution in [1.29, 1.82) is 0 Å². The van der Waals surface area contributed by atoms with E-state index in [-0.39, 0.29) is 11.8 Å². The highest BCUT2D eigenvalue weighted by molar-refractivity contribution is 9.10. The van der Waals surface area contributed by atoms with Crippen LogP contribution in [0.25, 0.3) is 0 Å². The second-order valence-electron chi connectivity index (χ2n) is 7.02. The number of carbonyl (C=O) groups is 2. The molecule has 1 N–H and O–H groups in total. The van der Waals surface area contributed by atoms with Crippen LogP contribution in [0.15, 0.2) is 77.3 Å². The van der Waals surface area contributed by atoms with Crippen molar-refractivity contribution in [1.82, 2.24) is 4.90 Å². The predicted octanol–water partition coefficient (Wildman–Crippen LogP) is 5.78. The fraction of sp³-hybridized carbons (Fsp3) is 0.167. The van der Waals surface area contributed by atoms with Crippen molar-refractivity contribution in [3.05, 3.63) is 93.4 Å². The van der Waals surface area contributed by atoms with Gasteiger partial charge in [0, 0.05) is 18.6 Å². The van der Waals surface area contributed by atoms with Crippen molar-refractivity contribution in [2.45, 2.75) is 19.6 Å². The van der Waals surface area contributed by atoms with Gasteiger partial charge in [0.05, 0.1) is 15.7 Å². The maximum Gasteiger partial charge on any atom is 0.265 e. The summed E-state index contributed by atoms with van der Waals surface area (Å²) in [5.74, 6) is -0.0550. The number of rotatable bonds is 7. The third-order valence-electron chi connectivity index (χ3n) is 4.59. The molecule has 160 valence electrons. The number of hydrogen-bond acceptors (Lipinski definition) is 3. The molecule has 0 fully saturated rings. The van der Waals surface area contributed by atoms with Crippen LogP contribution >= 0.6 is 27.5 Å². The van der Waals surface area contributed by atoms with Gasteiger partial charge < -0.3 is 15.0 Å². The Hall–Kier alpha value is -2.83. The van der Waals surface area contributed by atoms with E-state index in [4.69, 9.17) is 16.3 Å². The summed E-state index contributed by atoms with van der Waals surface area (Å²) in [6, 6.07) is 21.7. The summed E-state index contributed by atoms with van der Waals surface area (Å²) >= 11 is 9.32. The number of nitrogens with zero attached hydrogens (tertiary/aromatic N) is 1. The molecule has 0 heterocycles. The highest BCUT2D eigenvalue weighted by Crippen LogP contribution is 2.29. The molecule has 31 heavy (non-hydrogen) atoms. The molecule has 0 radical (unpaired) electrons. The van der Waals surface area contributed by atoms with Crippen molar-refractivity contribution < 1.29 is 14.3 Å². The zero-order valence-electron chi connectivity index (χ0n) is 17.1. The molecule has 0 aromatic heterocycles. The number of hydrogen-bond donors (Lipinski definition) is 1. The van der Waals surface area contributed by atoms with Gasteiger partial charge in [-0.25, -0.2) is 0 Å². The number of para-hydroxylation sites is 1. The smallest absolute Gasteiger partial charge is 0.265 e. The lowest BCUT2D eigenvalue weighted by atomic mass is 10.1. The van der Waals surface area contributed by atoms with E-state index in [1.165, 1.54) is 0 Å². The summed E-state index contributed by atoms with van der Waals surface area (Å²) in [4.78, 5) is 27.4. The van der Waals surface area contributed by atoms with Gasteiger partial charge in [0.1, 0.15) is 5.75 Å². The number of nitrogens with one attached hydrogen (secondary N) is 1. The number of anilines is 1. The Labute approximate surface area is 195 Å². The van der Waals surface area contributed by atoms with E-state index in [0.29, 0.717) is 33.0 Å². The van der Waals surface area contributed by atoms with Crippen LogP contribution in [-0.2, 0) is 11.3 Å². The monoisotopic (exact) mass is 500 g/mol. The Bertz CT molecular complexity index is 1080. The largest absolute Gasteiger partial charge is 0.480 e. The van der Waals surface area contributed by atoms with Crippen LogP contribution in [0.3, 0.4) is 0 Å². The van der Waals surface area contributed by atoms with E-state index in [0.717, 1.165) is 5.56 Å². The SMILES string of the molecule is CC(Oc1ccc(Cl)cc1Br)C(=O)Nc1ccccc1C(=O)N(C)Cc1ccccc1. The average Bonchev–Trinajstić information content (AvgIpc) is 2.76. The van der Waals surface area contributed by atoms with Crippen molar-refractivity contribution >= 4 is 45.0 Å². The first-order valence-corrected chi connectivity index (χ1v) is 10.8.